The van der Waals surface area contributed by atoms with Crippen LogP contribution in [0.1, 0.15) is 0 Å². The number of aromatic hydroxyl groups is 2. The van der Waals surface area contributed by atoms with Crippen LogP contribution < -0.4 is 0 Å². The Bertz CT molecular complexity index is 740. The standard InChI is InChI=1S/C13H8ClNO2/c14-12-8-5-7-3-1-2-4-9(7)15-10(8)6-11(16)13(12)17/h1-6,16-17H. The molecule has 0 fully saturated rings. The van der Waals surface area contributed by atoms with Crippen LogP contribution in [0.3, 0.4) is 0 Å². The molecule has 3 nitrogen and oxygen atoms in total. The van der Waals surface area contributed by atoms with Gasteiger partial charge in [0.05, 0.1) is 16.1 Å². The molecule has 3 aromatic rings. The molecule has 0 saturated heterocycles. The minimum absolute atomic E-state index is 0.123. The molecular weight excluding hydrogens is 238 g/mol. The molecule has 0 atom stereocenters. The number of rotatable bonds is 0. The number of aromatic nitrogens is 1. The molecule has 1 heterocycles. The van der Waals surface area contributed by atoms with E-state index in [0.29, 0.717) is 10.9 Å². The number of pyridine rings is 1. The van der Waals surface area contributed by atoms with Crippen LogP contribution in [0, 0.1) is 0 Å². The van der Waals surface area contributed by atoms with Gasteiger partial charge in [0.1, 0.15) is 0 Å². The molecule has 2 N–H and O–H groups in total. The van der Waals surface area contributed by atoms with E-state index in [4.69, 9.17) is 11.6 Å². The van der Waals surface area contributed by atoms with Crippen molar-refractivity contribution in [3.05, 3.63) is 41.4 Å². The smallest absolute Gasteiger partial charge is 0.177 e. The molecule has 0 unspecified atom stereocenters. The number of nitrogens with zero attached hydrogens (tertiary/aromatic N) is 1. The Labute approximate surface area is 102 Å². The van der Waals surface area contributed by atoms with Gasteiger partial charge in [0.15, 0.2) is 11.5 Å². The van der Waals surface area contributed by atoms with E-state index in [0.717, 1.165) is 10.9 Å². The maximum absolute atomic E-state index is 9.57. The van der Waals surface area contributed by atoms with E-state index in [1.807, 2.05) is 30.3 Å². The summed E-state index contributed by atoms with van der Waals surface area (Å²) in [6.45, 7) is 0. The summed E-state index contributed by atoms with van der Waals surface area (Å²) in [5.74, 6) is -0.568. The van der Waals surface area contributed by atoms with Crippen LogP contribution >= 0.6 is 11.6 Å². The quantitative estimate of drug-likeness (QED) is 0.471. The number of fused-ring (bicyclic) bond motifs is 2. The highest BCUT2D eigenvalue weighted by Crippen LogP contribution is 2.39. The molecule has 3 rings (SSSR count). The van der Waals surface area contributed by atoms with Crippen molar-refractivity contribution in [2.24, 2.45) is 0 Å². The van der Waals surface area contributed by atoms with Crippen LogP contribution in [-0.4, -0.2) is 15.2 Å². The lowest BCUT2D eigenvalue weighted by atomic mass is 10.1. The van der Waals surface area contributed by atoms with E-state index in [2.05, 4.69) is 4.98 Å². The molecule has 0 aliphatic carbocycles. The summed E-state index contributed by atoms with van der Waals surface area (Å²) in [6.07, 6.45) is 0. The first kappa shape index (κ1) is 10.2. The summed E-state index contributed by atoms with van der Waals surface area (Å²) < 4.78 is 0. The highest BCUT2D eigenvalue weighted by atomic mass is 35.5. The first-order valence-corrected chi connectivity index (χ1v) is 5.44. The summed E-state index contributed by atoms with van der Waals surface area (Å²) in [4.78, 5) is 4.38. The summed E-state index contributed by atoms with van der Waals surface area (Å²) in [6, 6.07) is 10.9. The molecule has 0 amide bonds. The molecule has 84 valence electrons. The molecule has 0 aliphatic heterocycles. The van der Waals surface area contributed by atoms with Crippen molar-refractivity contribution in [2.45, 2.75) is 0 Å². The fraction of sp³-hybridized carbons (Fsp3) is 0. The minimum atomic E-state index is -0.309. The number of para-hydroxylation sites is 1. The first-order valence-electron chi connectivity index (χ1n) is 5.07. The summed E-state index contributed by atoms with van der Waals surface area (Å²) in [5.41, 5.74) is 1.38. The van der Waals surface area contributed by atoms with Crippen molar-refractivity contribution in [3.63, 3.8) is 0 Å². The van der Waals surface area contributed by atoms with E-state index in [9.17, 15) is 10.2 Å². The second kappa shape index (κ2) is 3.50. The van der Waals surface area contributed by atoms with Gasteiger partial charge in [-0.2, -0.15) is 0 Å². The topological polar surface area (TPSA) is 53.4 Å². The van der Waals surface area contributed by atoms with Gasteiger partial charge in [0, 0.05) is 16.8 Å². The second-order valence-corrected chi connectivity index (χ2v) is 4.18. The SMILES string of the molecule is Oc1cc2nc3ccccc3cc2c(Cl)c1O. The van der Waals surface area contributed by atoms with Crippen LogP contribution in [0.25, 0.3) is 21.8 Å². The Hall–Kier alpha value is -2.00. The first-order chi connectivity index (χ1) is 8.16. The van der Waals surface area contributed by atoms with Crippen molar-refractivity contribution < 1.29 is 10.2 Å². The lowest BCUT2D eigenvalue weighted by Crippen LogP contribution is -1.84. The molecule has 0 bridgehead atoms. The van der Waals surface area contributed by atoms with Crippen molar-refractivity contribution >= 4 is 33.4 Å². The second-order valence-electron chi connectivity index (χ2n) is 3.81. The van der Waals surface area contributed by atoms with E-state index in [1.165, 1.54) is 6.07 Å². The van der Waals surface area contributed by atoms with Crippen LogP contribution in [-0.2, 0) is 0 Å². The highest BCUT2D eigenvalue weighted by molar-refractivity contribution is 6.37. The Morgan fingerprint density at radius 1 is 1.00 bits per heavy atom. The van der Waals surface area contributed by atoms with Crippen molar-refractivity contribution in [3.8, 4) is 11.5 Å². The van der Waals surface area contributed by atoms with Crippen LogP contribution in [0.5, 0.6) is 11.5 Å². The maximum atomic E-state index is 9.57. The Balaban J connectivity index is 2.52. The molecule has 0 radical (unpaired) electrons. The van der Waals surface area contributed by atoms with Crippen molar-refractivity contribution in [1.82, 2.24) is 4.98 Å². The van der Waals surface area contributed by atoms with Gasteiger partial charge in [-0.05, 0) is 12.1 Å². The fourth-order valence-electron chi connectivity index (χ4n) is 1.85. The van der Waals surface area contributed by atoms with Gasteiger partial charge < -0.3 is 10.2 Å². The zero-order valence-electron chi connectivity index (χ0n) is 8.68. The molecule has 0 aliphatic rings. The average molecular weight is 246 g/mol. The van der Waals surface area contributed by atoms with Gasteiger partial charge >= 0.3 is 0 Å². The number of benzene rings is 2. The molecular formula is C13H8ClNO2. The molecule has 17 heavy (non-hydrogen) atoms. The van der Waals surface area contributed by atoms with Crippen molar-refractivity contribution in [2.75, 3.05) is 0 Å². The Kier molecular flexibility index (Phi) is 2.09. The van der Waals surface area contributed by atoms with Crippen LogP contribution in [0.15, 0.2) is 36.4 Å². The Morgan fingerprint density at radius 2 is 1.76 bits per heavy atom. The molecule has 1 aromatic heterocycles. The number of phenolic OH excluding ortho intramolecular Hbond substituents is 2. The minimum Gasteiger partial charge on any atom is -0.504 e. The lowest BCUT2D eigenvalue weighted by molar-refractivity contribution is 0.405. The Morgan fingerprint density at radius 3 is 2.59 bits per heavy atom. The van der Waals surface area contributed by atoms with Gasteiger partial charge in [0.2, 0.25) is 0 Å². The summed E-state index contributed by atoms with van der Waals surface area (Å²) >= 11 is 5.98. The zero-order valence-corrected chi connectivity index (χ0v) is 9.44. The van der Waals surface area contributed by atoms with Gasteiger partial charge in [-0.15, -0.1) is 0 Å². The van der Waals surface area contributed by atoms with Gasteiger partial charge in [0.25, 0.3) is 0 Å². The number of hydrogen-bond acceptors (Lipinski definition) is 3. The van der Waals surface area contributed by atoms with E-state index in [-0.39, 0.29) is 16.5 Å². The van der Waals surface area contributed by atoms with Crippen LogP contribution in [0.4, 0.5) is 0 Å². The largest absolute Gasteiger partial charge is 0.504 e. The van der Waals surface area contributed by atoms with E-state index < -0.39 is 0 Å². The summed E-state index contributed by atoms with van der Waals surface area (Å²) in [7, 11) is 0. The third kappa shape index (κ3) is 1.47. The maximum Gasteiger partial charge on any atom is 0.177 e. The highest BCUT2D eigenvalue weighted by Gasteiger charge is 2.11. The predicted octanol–water partition coefficient (Wildman–Crippen LogP) is 3.45. The van der Waals surface area contributed by atoms with Crippen molar-refractivity contribution in [1.29, 1.82) is 0 Å². The average Bonchev–Trinajstić information content (AvgIpc) is 2.34. The lowest BCUT2D eigenvalue weighted by Gasteiger charge is -2.06. The number of halogens is 1. The monoisotopic (exact) mass is 245 g/mol. The van der Waals surface area contributed by atoms with E-state index in [1.54, 1.807) is 0 Å². The molecule has 0 saturated carbocycles. The third-order valence-electron chi connectivity index (χ3n) is 2.71. The normalized spacial score (nSPS) is 11.1. The van der Waals surface area contributed by atoms with Gasteiger partial charge in [-0.1, -0.05) is 29.8 Å². The number of hydrogen-bond donors (Lipinski definition) is 2. The van der Waals surface area contributed by atoms with Gasteiger partial charge in [-0.25, -0.2) is 4.98 Å². The summed E-state index contributed by atoms with van der Waals surface area (Å²) in [5, 5.41) is 20.7. The third-order valence-corrected chi connectivity index (χ3v) is 3.10. The molecule has 2 aromatic carbocycles. The fourth-order valence-corrected chi connectivity index (χ4v) is 2.10. The number of phenols is 2. The predicted molar refractivity (Wildman–Crippen MR) is 67.6 cm³/mol. The molecule has 0 spiro atoms. The molecule has 4 heteroatoms. The van der Waals surface area contributed by atoms with Crippen LogP contribution in [0.2, 0.25) is 5.02 Å². The van der Waals surface area contributed by atoms with E-state index >= 15 is 0 Å². The van der Waals surface area contributed by atoms with Gasteiger partial charge in [-0.3, -0.25) is 0 Å². The zero-order chi connectivity index (χ0) is 12.0.